The Morgan fingerprint density at radius 1 is 0.587 bits per heavy atom. The maximum atomic E-state index is 8.52. The maximum Gasteiger partial charge on any atom is 0.0602 e. The predicted octanol–water partition coefficient (Wildman–Crippen LogP) is 10.6. The summed E-state index contributed by atoms with van der Waals surface area (Å²) in [6.45, 7) is 46.9. The number of hydrogen-bond donors (Lipinski definition) is 2. The summed E-state index contributed by atoms with van der Waals surface area (Å²) in [5.74, 6) is 0. The molecule has 0 radical (unpaired) electrons. The van der Waals surface area contributed by atoms with Gasteiger partial charge in [-0.25, -0.2) is 0 Å². The van der Waals surface area contributed by atoms with E-state index in [1.165, 1.54) is 19.3 Å². The van der Waals surface area contributed by atoms with E-state index in [0.717, 1.165) is 26.1 Å². The fourth-order valence-corrected chi connectivity index (χ4v) is 2.98. The molecule has 286 valence electrons. The molecule has 0 aromatic rings. The molecule has 1 aliphatic carbocycles. The van der Waals surface area contributed by atoms with E-state index in [9.17, 15) is 0 Å². The molecule has 0 atom stereocenters. The minimum atomic E-state index is -0.500. The van der Waals surface area contributed by atoms with Crippen molar-refractivity contribution in [1.82, 2.24) is 0 Å². The third-order valence-electron chi connectivity index (χ3n) is 4.32. The van der Waals surface area contributed by atoms with Gasteiger partial charge in [0.2, 0.25) is 0 Å². The summed E-state index contributed by atoms with van der Waals surface area (Å²) in [7, 11) is 0. The van der Waals surface area contributed by atoms with Gasteiger partial charge < -0.3 is 33.9 Å². The topological polar surface area (TPSA) is 86.6 Å². The molecule has 1 saturated carbocycles. The van der Waals surface area contributed by atoms with Crippen LogP contribution in [0.4, 0.5) is 0 Å². The fraction of sp³-hybridized carbons (Fsp3) is 1.00. The van der Waals surface area contributed by atoms with Crippen molar-refractivity contribution in [3.05, 3.63) is 0 Å². The molecule has 0 aromatic carbocycles. The van der Waals surface area contributed by atoms with Crippen LogP contribution in [0.5, 0.6) is 0 Å². The molecular formula is C39H88O7. The first-order valence-corrected chi connectivity index (χ1v) is 17.8. The van der Waals surface area contributed by atoms with Crippen LogP contribution >= 0.6 is 0 Å². The molecule has 0 aromatic heterocycles. The Labute approximate surface area is 290 Å². The van der Waals surface area contributed by atoms with Crippen molar-refractivity contribution in [2.75, 3.05) is 26.4 Å². The standard InChI is InChI=1S/C8H16O.C7H16O2.2C7H16O.C6H14O.C4H10O/c1-8(2,3)9-7-5-4-6-7;1-7(2,3)9-6-4-5-8;1-6(2)8-7(3,4)5;1-5-6-8-7(2,3)4;1-5-7-6(2,3)4;1-4(2,3)5/h7H,4-6H2,1-3H3;8H,4-6H2,1-3H3;6H,1-5H3;5-6H2,1-4H3;5H2,1-4H3;5H,1-3H3. The predicted molar refractivity (Wildman–Crippen MR) is 201 cm³/mol. The molecule has 2 N–H and O–H groups in total. The zero-order chi connectivity index (χ0) is 38.1. The Kier molecular flexibility index (Phi) is 33.0. The first-order chi connectivity index (χ1) is 20.2. The zero-order valence-electron chi connectivity index (χ0n) is 35.5. The lowest BCUT2D eigenvalue weighted by atomic mass is 9.95. The summed E-state index contributed by atoms with van der Waals surface area (Å²) in [6, 6.07) is 0. The van der Waals surface area contributed by atoms with Crippen LogP contribution in [0.2, 0.25) is 0 Å². The van der Waals surface area contributed by atoms with Crippen LogP contribution in [0.25, 0.3) is 0 Å². The van der Waals surface area contributed by atoms with Gasteiger partial charge in [-0.2, -0.15) is 0 Å². The maximum absolute atomic E-state index is 8.52. The van der Waals surface area contributed by atoms with Crippen molar-refractivity contribution in [3.63, 3.8) is 0 Å². The van der Waals surface area contributed by atoms with E-state index in [-0.39, 0.29) is 34.6 Å². The molecule has 0 bridgehead atoms. The Morgan fingerprint density at radius 2 is 0.957 bits per heavy atom. The number of hydrogen-bond acceptors (Lipinski definition) is 7. The molecule has 7 heteroatoms. The van der Waals surface area contributed by atoms with E-state index < -0.39 is 5.60 Å². The van der Waals surface area contributed by atoms with Crippen molar-refractivity contribution >= 4 is 0 Å². The van der Waals surface area contributed by atoms with Crippen LogP contribution in [0, 0.1) is 0 Å². The van der Waals surface area contributed by atoms with Gasteiger partial charge in [-0.3, -0.25) is 0 Å². The Balaban J connectivity index is -0.000000148. The van der Waals surface area contributed by atoms with Gasteiger partial charge in [0.25, 0.3) is 0 Å². The van der Waals surface area contributed by atoms with Crippen LogP contribution in [0.1, 0.15) is 184 Å². The van der Waals surface area contributed by atoms with E-state index in [4.69, 9.17) is 33.9 Å². The van der Waals surface area contributed by atoms with Crippen molar-refractivity contribution in [2.45, 2.75) is 230 Å². The second-order valence-electron chi connectivity index (χ2n) is 17.8. The molecule has 0 amide bonds. The van der Waals surface area contributed by atoms with E-state index in [1.807, 2.05) is 41.5 Å². The average molecular weight is 669 g/mol. The van der Waals surface area contributed by atoms with Gasteiger partial charge in [0.05, 0.1) is 45.8 Å². The third-order valence-corrected chi connectivity index (χ3v) is 4.32. The highest BCUT2D eigenvalue weighted by Crippen LogP contribution is 2.26. The Hall–Kier alpha value is -0.280. The van der Waals surface area contributed by atoms with Crippen molar-refractivity contribution in [1.29, 1.82) is 0 Å². The van der Waals surface area contributed by atoms with E-state index in [2.05, 4.69) is 90.0 Å². The lowest BCUT2D eigenvalue weighted by Crippen LogP contribution is -2.31. The average Bonchev–Trinajstić information content (AvgIpc) is 2.71. The van der Waals surface area contributed by atoms with Gasteiger partial charge in [0.1, 0.15) is 0 Å². The summed E-state index contributed by atoms with van der Waals surface area (Å²) < 4.78 is 27.0. The van der Waals surface area contributed by atoms with E-state index in [0.29, 0.717) is 18.8 Å². The highest BCUT2D eigenvalue weighted by Gasteiger charge is 2.23. The molecule has 7 nitrogen and oxygen atoms in total. The molecular weight excluding hydrogens is 580 g/mol. The Morgan fingerprint density at radius 3 is 1.07 bits per heavy atom. The largest absolute Gasteiger partial charge is 0.396 e. The van der Waals surface area contributed by atoms with Gasteiger partial charge in [-0.15, -0.1) is 0 Å². The third kappa shape index (κ3) is 84.5. The monoisotopic (exact) mass is 669 g/mol. The highest BCUT2D eigenvalue weighted by atomic mass is 16.5. The van der Waals surface area contributed by atoms with Gasteiger partial charge >= 0.3 is 0 Å². The molecule has 0 heterocycles. The van der Waals surface area contributed by atoms with Gasteiger partial charge in [-0.05, 0) is 178 Å². The smallest absolute Gasteiger partial charge is 0.0602 e. The Bertz CT molecular complexity index is 610. The summed E-state index contributed by atoms with van der Waals surface area (Å²) in [4.78, 5) is 0. The summed E-state index contributed by atoms with van der Waals surface area (Å²) in [6.07, 6.45) is 6.67. The van der Waals surface area contributed by atoms with Crippen LogP contribution < -0.4 is 0 Å². The summed E-state index contributed by atoms with van der Waals surface area (Å²) in [5.41, 5.74) is -0.362. The lowest BCUT2D eigenvalue weighted by Gasteiger charge is -2.32. The minimum absolute atomic E-state index is 0.0220. The van der Waals surface area contributed by atoms with Gasteiger partial charge in [-0.1, -0.05) is 6.92 Å². The molecule has 0 unspecified atom stereocenters. The second-order valence-corrected chi connectivity index (χ2v) is 17.8. The lowest BCUT2D eigenvalue weighted by molar-refractivity contribution is -0.0916. The minimum Gasteiger partial charge on any atom is -0.396 e. The van der Waals surface area contributed by atoms with Crippen molar-refractivity contribution in [3.8, 4) is 0 Å². The summed E-state index contributed by atoms with van der Waals surface area (Å²) in [5, 5.41) is 16.9. The zero-order valence-corrected chi connectivity index (χ0v) is 35.5. The number of aliphatic hydroxyl groups is 2. The molecule has 0 saturated heterocycles. The SMILES string of the molecule is CC(C)(C)O.CC(C)(C)OC1CCC1.CC(C)(C)OCCCO.CC(C)OC(C)(C)C.CCCOC(C)(C)C.CCOC(C)(C)C. The molecule has 0 spiro atoms. The number of aliphatic hydroxyl groups excluding tert-OH is 1. The quantitative estimate of drug-likeness (QED) is 0.249. The number of ether oxygens (including phenoxy) is 5. The van der Waals surface area contributed by atoms with Gasteiger partial charge in [0, 0.05) is 26.4 Å². The molecule has 1 fully saturated rings. The van der Waals surface area contributed by atoms with Crippen LogP contribution in [0.3, 0.4) is 0 Å². The fourth-order valence-electron chi connectivity index (χ4n) is 2.98. The van der Waals surface area contributed by atoms with Crippen LogP contribution in [-0.2, 0) is 23.7 Å². The van der Waals surface area contributed by atoms with Crippen molar-refractivity contribution in [2.24, 2.45) is 0 Å². The normalized spacial score (nSPS) is 14.0. The van der Waals surface area contributed by atoms with E-state index in [1.54, 1.807) is 20.8 Å². The second kappa shape index (κ2) is 27.5. The highest BCUT2D eigenvalue weighted by molar-refractivity contribution is 4.73. The first kappa shape index (κ1) is 55.1. The van der Waals surface area contributed by atoms with Gasteiger partial charge in [0.15, 0.2) is 0 Å². The van der Waals surface area contributed by atoms with Crippen LogP contribution in [0.15, 0.2) is 0 Å². The molecule has 46 heavy (non-hydrogen) atoms. The van der Waals surface area contributed by atoms with Crippen LogP contribution in [-0.4, -0.2) is 82.5 Å². The number of rotatable bonds is 8. The van der Waals surface area contributed by atoms with E-state index >= 15 is 0 Å². The molecule has 0 aliphatic heterocycles. The molecule has 1 rings (SSSR count). The van der Waals surface area contributed by atoms with Crippen molar-refractivity contribution < 1.29 is 33.9 Å². The summed E-state index contributed by atoms with van der Waals surface area (Å²) >= 11 is 0. The molecule has 1 aliphatic rings. The first-order valence-electron chi connectivity index (χ1n) is 17.8.